The predicted octanol–water partition coefficient (Wildman–Crippen LogP) is 4.10. The summed E-state index contributed by atoms with van der Waals surface area (Å²) in [6, 6.07) is 4.17. The third kappa shape index (κ3) is 2.12. The molecule has 18 heavy (non-hydrogen) atoms. The maximum Gasteiger partial charge on any atom is 0.134 e. The average Bonchev–Trinajstić information content (AvgIpc) is 2.64. The molecule has 2 nitrogen and oxygen atoms in total. The molecule has 5 heteroatoms. The number of halogens is 3. The monoisotopic (exact) mass is 305 g/mol. The van der Waals surface area contributed by atoms with Gasteiger partial charge in [-0.1, -0.05) is 11.6 Å². The first kappa shape index (κ1) is 14.0. The Kier molecular flexibility index (Phi) is 4.12. The summed E-state index contributed by atoms with van der Waals surface area (Å²) < 4.78 is 5.57. The van der Waals surface area contributed by atoms with Crippen molar-refractivity contribution in [3.05, 3.63) is 34.5 Å². The van der Waals surface area contributed by atoms with Crippen molar-refractivity contribution in [1.82, 2.24) is 4.90 Å². The normalized spacial score (nSPS) is 19.6. The number of nitrogens with zero attached hydrogens (tertiary/aromatic N) is 1. The summed E-state index contributed by atoms with van der Waals surface area (Å²) >= 11 is 12.3. The highest BCUT2D eigenvalue weighted by Crippen LogP contribution is 2.35. The molecule has 0 fully saturated rings. The molecule has 0 spiro atoms. The van der Waals surface area contributed by atoms with Crippen molar-refractivity contribution in [3.63, 3.8) is 0 Å². The molecule has 2 aromatic rings. The Labute approximate surface area is 122 Å². The van der Waals surface area contributed by atoms with Crippen LogP contribution in [0.5, 0.6) is 0 Å². The minimum atomic E-state index is 0. The van der Waals surface area contributed by atoms with E-state index < -0.39 is 0 Å². The number of furan rings is 1. The van der Waals surface area contributed by atoms with E-state index in [9.17, 15) is 0 Å². The van der Waals surface area contributed by atoms with Crippen LogP contribution in [-0.2, 0) is 13.0 Å². The van der Waals surface area contributed by atoms with Crippen molar-refractivity contribution in [2.75, 3.05) is 12.9 Å². The Morgan fingerprint density at radius 1 is 1.44 bits per heavy atom. The number of benzene rings is 1. The van der Waals surface area contributed by atoms with Crippen LogP contribution in [0.1, 0.15) is 11.1 Å². The van der Waals surface area contributed by atoms with Crippen molar-refractivity contribution in [1.29, 1.82) is 0 Å². The van der Waals surface area contributed by atoms with Crippen LogP contribution in [0.4, 0.5) is 0 Å². The molecule has 1 aliphatic heterocycles. The lowest BCUT2D eigenvalue weighted by Crippen LogP contribution is -2.33. The standard InChI is InChI=1S/C13H13Cl2NO.ClH/c1-16-6-8-7-17-12-3-2-11(15)10(13(8)12)4-9(16)5-14;/h2-3,7,9H,4-6H2,1H3;1H. The van der Waals surface area contributed by atoms with Crippen LogP contribution in [0.3, 0.4) is 0 Å². The quantitative estimate of drug-likeness (QED) is 0.737. The fraction of sp³-hybridized carbons (Fsp3) is 0.385. The molecule has 0 radical (unpaired) electrons. The number of hydrogen-bond donors (Lipinski definition) is 0. The van der Waals surface area contributed by atoms with E-state index in [4.69, 9.17) is 27.6 Å². The van der Waals surface area contributed by atoms with Gasteiger partial charge >= 0.3 is 0 Å². The summed E-state index contributed by atoms with van der Waals surface area (Å²) in [7, 11) is 2.09. The Morgan fingerprint density at radius 2 is 2.22 bits per heavy atom. The van der Waals surface area contributed by atoms with E-state index >= 15 is 0 Å². The fourth-order valence-electron chi connectivity index (χ4n) is 2.52. The Balaban J connectivity index is 0.00000120. The molecule has 1 atom stereocenters. The van der Waals surface area contributed by atoms with Crippen LogP contribution in [0.2, 0.25) is 5.02 Å². The van der Waals surface area contributed by atoms with E-state index in [-0.39, 0.29) is 12.4 Å². The van der Waals surface area contributed by atoms with Gasteiger partial charge in [0, 0.05) is 34.4 Å². The topological polar surface area (TPSA) is 16.4 Å². The number of hydrogen-bond acceptors (Lipinski definition) is 2. The van der Waals surface area contributed by atoms with E-state index in [2.05, 4.69) is 11.9 Å². The van der Waals surface area contributed by atoms with Gasteiger partial charge < -0.3 is 4.42 Å². The van der Waals surface area contributed by atoms with E-state index in [1.165, 1.54) is 16.5 Å². The predicted molar refractivity (Wildman–Crippen MR) is 78.2 cm³/mol. The summed E-state index contributed by atoms with van der Waals surface area (Å²) in [5, 5.41) is 1.99. The lowest BCUT2D eigenvalue weighted by Gasteiger charge is -2.23. The first-order valence-electron chi connectivity index (χ1n) is 5.64. The molecule has 0 bridgehead atoms. The van der Waals surface area contributed by atoms with Gasteiger partial charge in [-0.05, 0) is 31.2 Å². The van der Waals surface area contributed by atoms with E-state index in [1.54, 1.807) is 0 Å². The molecule has 0 saturated carbocycles. The smallest absolute Gasteiger partial charge is 0.134 e. The highest BCUT2D eigenvalue weighted by Gasteiger charge is 2.25. The van der Waals surface area contributed by atoms with Gasteiger partial charge in [0.2, 0.25) is 0 Å². The number of likely N-dealkylation sites (N-methyl/N-ethyl adjacent to an activating group) is 1. The van der Waals surface area contributed by atoms with Crippen molar-refractivity contribution in [3.8, 4) is 0 Å². The summed E-state index contributed by atoms with van der Waals surface area (Å²) in [6.45, 7) is 0.859. The molecule has 1 unspecified atom stereocenters. The minimum absolute atomic E-state index is 0. The molecule has 0 amide bonds. The van der Waals surface area contributed by atoms with Gasteiger partial charge in [-0.15, -0.1) is 24.0 Å². The maximum atomic E-state index is 6.31. The zero-order valence-corrected chi connectivity index (χ0v) is 12.3. The van der Waals surface area contributed by atoms with Gasteiger partial charge in [-0.2, -0.15) is 0 Å². The molecular weight excluding hydrogens is 293 g/mol. The Bertz CT molecular complexity index is 567. The van der Waals surface area contributed by atoms with Crippen LogP contribution < -0.4 is 0 Å². The average molecular weight is 307 g/mol. The third-order valence-corrected chi connectivity index (χ3v) is 4.24. The molecule has 3 rings (SSSR count). The van der Waals surface area contributed by atoms with E-state index in [0.29, 0.717) is 11.9 Å². The molecule has 0 aliphatic carbocycles. The molecule has 1 aliphatic rings. The Morgan fingerprint density at radius 3 is 2.94 bits per heavy atom. The number of alkyl halides is 1. The Hall–Kier alpha value is -0.410. The number of rotatable bonds is 1. The second-order valence-electron chi connectivity index (χ2n) is 4.59. The van der Waals surface area contributed by atoms with Gasteiger partial charge in [0.25, 0.3) is 0 Å². The second kappa shape index (κ2) is 5.30. The lowest BCUT2D eigenvalue weighted by atomic mass is 10.0. The van der Waals surface area contributed by atoms with Crippen LogP contribution in [0.25, 0.3) is 11.0 Å². The summed E-state index contributed by atoms with van der Waals surface area (Å²) in [5.74, 6) is 0.616. The van der Waals surface area contributed by atoms with Gasteiger partial charge in [0.05, 0.1) is 6.26 Å². The van der Waals surface area contributed by atoms with Crippen LogP contribution >= 0.6 is 35.6 Å². The molecule has 2 heterocycles. The van der Waals surface area contributed by atoms with Gasteiger partial charge in [0.1, 0.15) is 5.58 Å². The van der Waals surface area contributed by atoms with Gasteiger partial charge in [-0.25, -0.2) is 0 Å². The zero-order chi connectivity index (χ0) is 12.0. The zero-order valence-electron chi connectivity index (χ0n) is 9.95. The van der Waals surface area contributed by atoms with Crippen molar-refractivity contribution in [2.24, 2.45) is 0 Å². The first-order valence-corrected chi connectivity index (χ1v) is 6.55. The minimum Gasteiger partial charge on any atom is -0.464 e. The summed E-state index contributed by atoms with van der Waals surface area (Å²) in [5.41, 5.74) is 3.29. The second-order valence-corrected chi connectivity index (χ2v) is 5.30. The van der Waals surface area contributed by atoms with E-state index in [0.717, 1.165) is 23.6 Å². The molecule has 0 N–H and O–H groups in total. The van der Waals surface area contributed by atoms with Crippen LogP contribution in [-0.4, -0.2) is 23.9 Å². The van der Waals surface area contributed by atoms with Crippen molar-refractivity contribution < 1.29 is 4.42 Å². The molecular formula is C13H14Cl3NO. The van der Waals surface area contributed by atoms with E-state index in [1.807, 2.05) is 18.4 Å². The highest BCUT2D eigenvalue weighted by atomic mass is 35.5. The molecule has 0 saturated heterocycles. The SMILES string of the molecule is CN1Cc2coc3ccc(Cl)c(c23)CC1CCl.Cl. The third-order valence-electron chi connectivity index (χ3n) is 3.53. The maximum absolute atomic E-state index is 6.31. The van der Waals surface area contributed by atoms with Gasteiger partial charge in [-0.3, -0.25) is 4.90 Å². The van der Waals surface area contributed by atoms with Crippen LogP contribution in [0.15, 0.2) is 22.8 Å². The van der Waals surface area contributed by atoms with Gasteiger partial charge in [0.15, 0.2) is 0 Å². The van der Waals surface area contributed by atoms with Crippen LogP contribution in [0, 0.1) is 0 Å². The largest absolute Gasteiger partial charge is 0.464 e. The molecule has 1 aromatic heterocycles. The van der Waals surface area contributed by atoms with Crippen molar-refractivity contribution in [2.45, 2.75) is 19.0 Å². The summed E-state index contributed by atoms with van der Waals surface area (Å²) in [6.07, 6.45) is 2.71. The highest BCUT2D eigenvalue weighted by molar-refractivity contribution is 6.32. The molecule has 1 aromatic carbocycles. The molecule has 98 valence electrons. The summed E-state index contributed by atoms with van der Waals surface area (Å²) in [4.78, 5) is 2.26. The van der Waals surface area contributed by atoms with Crippen molar-refractivity contribution >= 4 is 46.6 Å². The fourth-order valence-corrected chi connectivity index (χ4v) is 3.10. The first-order chi connectivity index (χ1) is 8.20. The lowest BCUT2D eigenvalue weighted by molar-refractivity contribution is 0.254.